The second-order valence-electron chi connectivity index (χ2n) is 7.64. The van der Waals surface area contributed by atoms with Gasteiger partial charge >= 0.3 is 6.03 Å². The molecule has 1 aliphatic rings. The molecule has 0 aliphatic heterocycles. The molecule has 1 aliphatic carbocycles. The van der Waals surface area contributed by atoms with Gasteiger partial charge in [-0.1, -0.05) is 32.3 Å². The van der Waals surface area contributed by atoms with E-state index in [-0.39, 0.29) is 11.9 Å². The van der Waals surface area contributed by atoms with Crippen LogP contribution < -0.4 is 16.0 Å². The van der Waals surface area contributed by atoms with Gasteiger partial charge in [0.15, 0.2) is 0 Å². The number of carbonyl (C=O) groups excluding carboxylic acids is 2. The summed E-state index contributed by atoms with van der Waals surface area (Å²) in [6.45, 7) is 2.60. The van der Waals surface area contributed by atoms with Crippen molar-refractivity contribution in [3.8, 4) is 0 Å². The lowest BCUT2D eigenvalue weighted by molar-refractivity contribution is -0.116. The van der Waals surface area contributed by atoms with Crippen LogP contribution in [0.1, 0.15) is 51.9 Å². The molecule has 1 saturated carbocycles. The van der Waals surface area contributed by atoms with Crippen LogP contribution in [0.3, 0.4) is 0 Å². The predicted octanol–water partition coefficient (Wildman–Crippen LogP) is 4.06. The summed E-state index contributed by atoms with van der Waals surface area (Å²) in [5.74, 6) is 0.631. The fourth-order valence-corrected chi connectivity index (χ4v) is 3.79. The van der Waals surface area contributed by atoms with Crippen LogP contribution in [0.2, 0.25) is 0 Å². The lowest BCUT2D eigenvalue weighted by atomic mass is 9.83. The maximum Gasteiger partial charge on any atom is 0.319 e. The molecule has 1 fully saturated rings. The Hall–Kier alpha value is -2.08. The number of benzene rings is 1. The molecule has 1 aromatic carbocycles. The second kappa shape index (κ2) is 10.9. The van der Waals surface area contributed by atoms with Gasteiger partial charge < -0.3 is 20.9 Å². The van der Waals surface area contributed by atoms with Crippen molar-refractivity contribution in [1.29, 1.82) is 0 Å². The van der Waals surface area contributed by atoms with E-state index in [4.69, 9.17) is 0 Å². The quantitative estimate of drug-likeness (QED) is 0.642. The largest absolute Gasteiger partial charge is 0.336 e. The summed E-state index contributed by atoms with van der Waals surface area (Å²) < 4.78 is 0. The lowest BCUT2D eigenvalue weighted by Gasteiger charge is -2.34. The van der Waals surface area contributed by atoms with E-state index in [0.717, 1.165) is 6.42 Å². The fraction of sp³-hybridized carbons (Fsp3) is 0.619. The van der Waals surface area contributed by atoms with Gasteiger partial charge in [0.1, 0.15) is 0 Å². The first-order chi connectivity index (χ1) is 13.0. The van der Waals surface area contributed by atoms with Gasteiger partial charge in [-0.2, -0.15) is 0 Å². The van der Waals surface area contributed by atoms with Crippen molar-refractivity contribution < 1.29 is 9.59 Å². The molecule has 1 atom stereocenters. The number of nitrogens with one attached hydrogen (secondary N) is 3. The van der Waals surface area contributed by atoms with E-state index in [2.05, 4.69) is 34.9 Å². The minimum Gasteiger partial charge on any atom is -0.336 e. The zero-order chi connectivity index (χ0) is 19.6. The molecule has 3 N–H and O–H groups in total. The van der Waals surface area contributed by atoms with E-state index in [1.54, 1.807) is 6.07 Å². The van der Waals surface area contributed by atoms with Crippen molar-refractivity contribution in [2.75, 3.05) is 31.3 Å². The van der Waals surface area contributed by atoms with Crippen molar-refractivity contribution in [2.45, 2.75) is 57.9 Å². The third kappa shape index (κ3) is 7.21. The van der Waals surface area contributed by atoms with E-state index in [0.29, 0.717) is 36.3 Å². The SMILES string of the molecule is CCCC(=O)Nc1cccc(NC(=O)NC[C@H](C2CCCCC2)N(C)C)c1. The molecule has 6 nitrogen and oxygen atoms in total. The molecular weight excluding hydrogens is 340 g/mol. The van der Waals surface area contributed by atoms with E-state index in [1.807, 2.05) is 25.1 Å². The standard InChI is InChI=1S/C21H34N4O2/c1-4-9-20(26)23-17-12-8-13-18(14-17)24-21(27)22-15-19(25(2)3)16-10-6-5-7-11-16/h8,12-14,16,19H,4-7,9-11,15H2,1-3H3,(H,23,26)(H2,22,24,27)/t19-/m1/s1. The van der Waals surface area contributed by atoms with Crippen LogP contribution in [-0.2, 0) is 4.79 Å². The molecule has 0 heterocycles. The van der Waals surface area contributed by atoms with Crippen molar-refractivity contribution in [1.82, 2.24) is 10.2 Å². The number of hydrogen-bond acceptors (Lipinski definition) is 3. The van der Waals surface area contributed by atoms with Gasteiger partial charge in [-0.05, 0) is 57.5 Å². The van der Waals surface area contributed by atoms with Gasteiger partial charge in [-0.15, -0.1) is 0 Å². The Morgan fingerprint density at radius 2 is 1.78 bits per heavy atom. The normalized spacial score (nSPS) is 16.0. The smallest absolute Gasteiger partial charge is 0.319 e. The zero-order valence-corrected chi connectivity index (χ0v) is 16.9. The van der Waals surface area contributed by atoms with E-state index < -0.39 is 0 Å². The van der Waals surface area contributed by atoms with Crippen LogP contribution in [0.4, 0.5) is 16.2 Å². The van der Waals surface area contributed by atoms with Gasteiger partial charge in [0.05, 0.1) is 0 Å². The number of anilines is 2. The average Bonchev–Trinajstić information content (AvgIpc) is 2.63. The second-order valence-corrected chi connectivity index (χ2v) is 7.64. The summed E-state index contributed by atoms with van der Waals surface area (Å²) >= 11 is 0. The number of amides is 3. The number of rotatable bonds is 8. The fourth-order valence-electron chi connectivity index (χ4n) is 3.79. The first-order valence-electron chi connectivity index (χ1n) is 10.1. The van der Waals surface area contributed by atoms with E-state index in [9.17, 15) is 9.59 Å². The first-order valence-corrected chi connectivity index (χ1v) is 10.1. The summed E-state index contributed by atoms with van der Waals surface area (Å²) in [6.07, 6.45) is 7.69. The summed E-state index contributed by atoms with van der Waals surface area (Å²) in [5, 5.41) is 8.72. The Morgan fingerprint density at radius 1 is 1.11 bits per heavy atom. The predicted molar refractivity (Wildman–Crippen MR) is 111 cm³/mol. The van der Waals surface area contributed by atoms with Gasteiger partial charge in [0, 0.05) is 30.4 Å². The van der Waals surface area contributed by atoms with Crippen LogP contribution in [0.5, 0.6) is 0 Å². The van der Waals surface area contributed by atoms with E-state index in [1.165, 1.54) is 32.1 Å². The summed E-state index contributed by atoms with van der Waals surface area (Å²) in [7, 11) is 4.17. The molecule has 27 heavy (non-hydrogen) atoms. The molecule has 6 heteroatoms. The molecule has 0 unspecified atom stereocenters. The Bertz CT molecular complexity index is 612. The molecule has 2 rings (SSSR count). The van der Waals surface area contributed by atoms with Crippen LogP contribution in [0, 0.1) is 5.92 Å². The van der Waals surface area contributed by atoms with Gasteiger partial charge in [-0.25, -0.2) is 4.79 Å². The molecule has 0 saturated heterocycles. The highest BCUT2D eigenvalue weighted by atomic mass is 16.2. The Morgan fingerprint density at radius 3 is 2.41 bits per heavy atom. The maximum atomic E-state index is 12.3. The Labute approximate surface area is 163 Å². The molecule has 0 bridgehead atoms. The Kier molecular flexibility index (Phi) is 8.58. The lowest BCUT2D eigenvalue weighted by Crippen LogP contribution is -2.46. The molecular formula is C21H34N4O2. The minimum absolute atomic E-state index is 0.0135. The van der Waals surface area contributed by atoms with Crippen LogP contribution in [0.15, 0.2) is 24.3 Å². The number of hydrogen-bond donors (Lipinski definition) is 3. The molecule has 150 valence electrons. The monoisotopic (exact) mass is 374 g/mol. The van der Waals surface area contributed by atoms with Crippen molar-refractivity contribution in [3.05, 3.63) is 24.3 Å². The van der Waals surface area contributed by atoms with Crippen molar-refractivity contribution >= 4 is 23.3 Å². The number of likely N-dealkylation sites (N-methyl/N-ethyl adjacent to an activating group) is 1. The minimum atomic E-state index is -0.213. The summed E-state index contributed by atoms with van der Waals surface area (Å²) in [4.78, 5) is 26.3. The molecule has 0 spiro atoms. The third-order valence-corrected chi connectivity index (χ3v) is 5.21. The first kappa shape index (κ1) is 21.2. The van der Waals surface area contributed by atoms with Gasteiger partial charge in [-0.3, -0.25) is 4.79 Å². The van der Waals surface area contributed by atoms with Gasteiger partial charge in [0.25, 0.3) is 0 Å². The number of carbonyl (C=O) groups is 2. The molecule has 3 amide bonds. The molecule has 0 radical (unpaired) electrons. The maximum absolute atomic E-state index is 12.3. The summed E-state index contributed by atoms with van der Waals surface area (Å²) in [5.41, 5.74) is 1.36. The molecule has 1 aromatic rings. The summed E-state index contributed by atoms with van der Waals surface area (Å²) in [6, 6.07) is 7.38. The topological polar surface area (TPSA) is 73.5 Å². The van der Waals surface area contributed by atoms with Crippen LogP contribution in [-0.4, -0.2) is 43.5 Å². The zero-order valence-electron chi connectivity index (χ0n) is 16.9. The van der Waals surface area contributed by atoms with Crippen molar-refractivity contribution in [3.63, 3.8) is 0 Å². The van der Waals surface area contributed by atoms with E-state index >= 15 is 0 Å². The highest BCUT2D eigenvalue weighted by molar-refractivity contribution is 5.93. The highest BCUT2D eigenvalue weighted by Crippen LogP contribution is 2.28. The number of nitrogens with zero attached hydrogens (tertiary/aromatic N) is 1. The molecule has 0 aromatic heterocycles. The highest BCUT2D eigenvalue weighted by Gasteiger charge is 2.25. The average molecular weight is 375 g/mol. The van der Waals surface area contributed by atoms with Crippen LogP contribution in [0.25, 0.3) is 0 Å². The van der Waals surface area contributed by atoms with Crippen molar-refractivity contribution in [2.24, 2.45) is 5.92 Å². The number of urea groups is 1. The van der Waals surface area contributed by atoms with Crippen LogP contribution >= 0.6 is 0 Å². The third-order valence-electron chi connectivity index (χ3n) is 5.21. The van der Waals surface area contributed by atoms with Gasteiger partial charge in [0.2, 0.25) is 5.91 Å². The Balaban J connectivity index is 1.86.